The molecule has 0 heterocycles. The third-order valence-corrected chi connectivity index (χ3v) is 3.70. The van der Waals surface area contributed by atoms with Crippen LogP contribution in [0.2, 0.25) is 0 Å². The summed E-state index contributed by atoms with van der Waals surface area (Å²) in [4.78, 5) is 8.69. The van der Waals surface area contributed by atoms with E-state index >= 15 is 0 Å². The van der Waals surface area contributed by atoms with Gasteiger partial charge in [0.2, 0.25) is 0 Å². The highest BCUT2D eigenvalue weighted by atomic mass is 127. The Bertz CT molecular complexity index is 479. The summed E-state index contributed by atoms with van der Waals surface area (Å²) in [7, 11) is 3.73. The van der Waals surface area contributed by atoms with Crippen LogP contribution in [0, 0.1) is 5.82 Å². The van der Waals surface area contributed by atoms with Crippen molar-refractivity contribution in [1.29, 1.82) is 0 Å². The third-order valence-electron chi connectivity index (χ3n) is 3.70. The van der Waals surface area contributed by atoms with Gasteiger partial charge in [-0.05, 0) is 38.1 Å². The van der Waals surface area contributed by atoms with Crippen LogP contribution in [-0.4, -0.2) is 55.5 Å². The van der Waals surface area contributed by atoms with Crippen molar-refractivity contribution in [2.45, 2.75) is 33.4 Å². The fourth-order valence-corrected chi connectivity index (χ4v) is 2.46. The van der Waals surface area contributed by atoms with Crippen molar-refractivity contribution in [1.82, 2.24) is 15.1 Å². The molecule has 0 atom stereocenters. The number of aliphatic imine (C=N–C) groups is 1. The highest BCUT2D eigenvalue weighted by Gasteiger charge is 2.09. The number of likely N-dealkylation sites (N-methyl/N-ethyl adjacent to an activating group) is 1. The van der Waals surface area contributed by atoms with Crippen LogP contribution < -0.4 is 5.32 Å². The molecule has 1 aromatic rings. The standard InChI is InChI=1S/C17H29FN4.HI/c1-6-22(14(2)3)11-10-20-17(19-4)21(5)13-15-8-7-9-16(18)12-15;/h7-9,12,14H,6,10-11,13H2,1-5H3,(H,19,20);1H. The molecule has 0 fully saturated rings. The molecule has 23 heavy (non-hydrogen) atoms. The molecule has 132 valence electrons. The van der Waals surface area contributed by atoms with E-state index in [2.05, 4.69) is 36.0 Å². The van der Waals surface area contributed by atoms with Crippen LogP contribution in [0.25, 0.3) is 0 Å². The summed E-state index contributed by atoms with van der Waals surface area (Å²) in [6, 6.07) is 7.21. The molecule has 0 radical (unpaired) electrons. The van der Waals surface area contributed by atoms with Crippen molar-refractivity contribution in [3.63, 3.8) is 0 Å². The van der Waals surface area contributed by atoms with E-state index in [9.17, 15) is 4.39 Å². The minimum atomic E-state index is -0.204. The summed E-state index contributed by atoms with van der Waals surface area (Å²) < 4.78 is 13.2. The Morgan fingerprint density at radius 2 is 2.04 bits per heavy atom. The van der Waals surface area contributed by atoms with Gasteiger partial charge < -0.3 is 10.2 Å². The number of halogens is 2. The van der Waals surface area contributed by atoms with Gasteiger partial charge in [-0.2, -0.15) is 0 Å². The smallest absolute Gasteiger partial charge is 0.193 e. The lowest BCUT2D eigenvalue weighted by Gasteiger charge is -2.27. The molecule has 0 spiro atoms. The first-order valence-electron chi connectivity index (χ1n) is 7.88. The lowest BCUT2D eigenvalue weighted by atomic mass is 10.2. The van der Waals surface area contributed by atoms with E-state index < -0.39 is 0 Å². The van der Waals surface area contributed by atoms with Gasteiger partial charge in [0, 0.05) is 39.8 Å². The van der Waals surface area contributed by atoms with E-state index in [-0.39, 0.29) is 29.8 Å². The first kappa shape index (κ1) is 22.1. The number of rotatable bonds is 7. The average Bonchev–Trinajstić information content (AvgIpc) is 2.47. The fourth-order valence-electron chi connectivity index (χ4n) is 2.46. The molecular formula is C17H30FIN4. The topological polar surface area (TPSA) is 30.9 Å². The summed E-state index contributed by atoms with van der Waals surface area (Å²) in [5.41, 5.74) is 0.933. The molecule has 1 aromatic carbocycles. The molecule has 0 unspecified atom stereocenters. The summed E-state index contributed by atoms with van der Waals surface area (Å²) >= 11 is 0. The number of nitrogens with zero attached hydrogens (tertiary/aromatic N) is 3. The highest BCUT2D eigenvalue weighted by molar-refractivity contribution is 14.0. The molecule has 4 nitrogen and oxygen atoms in total. The zero-order chi connectivity index (χ0) is 16.5. The first-order chi connectivity index (χ1) is 10.5. The van der Waals surface area contributed by atoms with Crippen molar-refractivity contribution >= 4 is 29.9 Å². The molecule has 0 saturated heterocycles. The number of nitrogens with one attached hydrogen (secondary N) is 1. The van der Waals surface area contributed by atoms with Gasteiger partial charge in [0.25, 0.3) is 0 Å². The number of hydrogen-bond acceptors (Lipinski definition) is 2. The van der Waals surface area contributed by atoms with E-state index in [1.54, 1.807) is 19.2 Å². The van der Waals surface area contributed by atoms with Crippen molar-refractivity contribution in [2.75, 3.05) is 33.7 Å². The lowest BCUT2D eigenvalue weighted by Crippen LogP contribution is -2.43. The van der Waals surface area contributed by atoms with Crippen LogP contribution in [0.5, 0.6) is 0 Å². The predicted octanol–water partition coefficient (Wildman–Crippen LogP) is 3.18. The van der Waals surface area contributed by atoms with Gasteiger partial charge in [-0.3, -0.25) is 9.89 Å². The van der Waals surface area contributed by atoms with Gasteiger partial charge in [-0.25, -0.2) is 4.39 Å². The number of guanidine groups is 1. The normalized spacial score (nSPS) is 11.6. The fraction of sp³-hybridized carbons (Fsp3) is 0.588. The quantitative estimate of drug-likeness (QED) is 0.405. The SMILES string of the molecule is CCN(CCNC(=NC)N(C)Cc1cccc(F)c1)C(C)C.I. The Morgan fingerprint density at radius 3 is 2.57 bits per heavy atom. The largest absolute Gasteiger partial charge is 0.355 e. The maximum Gasteiger partial charge on any atom is 0.193 e. The maximum atomic E-state index is 13.2. The lowest BCUT2D eigenvalue weighted by molar-refractivity contribution is 0.236. The Kier molecular flexibility index (Phi) is 11.2. The van der Waals surface area contributed by atoms with E-state index in [0.717, 1.165) is 31.2 Å². The van der Waals surface area contributed by atoms with Gasteiger partial charge in [-0.15, -0.1) is 24.0 Å². The molecule has 1 N–H and O–H groups in total. The molecule has 0 aliphatic rings. The molecule has 0 amide bonds. The minimum absolute atomic E-state index is 0. The van der Waals surface area contributed by atoms with Gasteiger partial charge in [0.15, 0.2) is 5.96 Å². The Balaban J connectivity index is 0.00000484. The zero-order valence-electron chi connectivity index (χ0n) is 14.8. The molecule has 6 heteroatoms. The molecule has 0 aromatic heterocycles. The van der Waals surface area contributed by atoms with Crippen LogP contribution in [0.3, 0.4) is 0 Å². The van der Waals surface area contributed by atoms with Gasteiger partial charge in [0.05, 0.1) is 0 Å². The molecule has 0 bridgehead atoms. The van der Waals surface area contributed by atoms with Crippen molar-refractivity contribution in [2.24, 2.45) is 4.99 Å². The number of hydrogen-bond donors (Lipinski definition) is 1. The maximum absolute atomic E-state index is 13.2. The molecule has 0 aliphatic heterocycles. The summed E-state index contributed by atoms with van der Waals surface area (Å²) in [5, 5.41) is 3.36. The number of benzene rings is 1. The Morgan fingerprint density at radius 1 is 1.35 bits per heavy atom. The van der Waals surface area contributed by atoms with Crippen molar-refractivity contribution < 1.29 is 4.39 Å². The molecule has 0 aliphatic carbocycles. The summed E-state index contributed by atoms with van der Waals surface area (Å²) in [6.45, 7) is 10.1. The minimum Gasteiger partial charge on any atom is -0.355 e. The van der Waals surface area contributed by atoms with E-state index in [1.165, 1.54) is 6.07 Å². The second-order valence-corrected chi connectivity index (χ2v) is 5.68. The van der Waals surface area contributed by atoms with Crippen LogP contribution in [0.4, 0.5) is 4.39 Å². The van der Waals surface area contributed by atoms with Gasteiger partial charge >= 0.3 is 0 Å². The molecule has 1 rings (SSSR count). The second-order valence-electron chi connectivity index (χ2n) is 5.68. The Labute approximate surface area is 157 Å². The van der Waals surface area contributed by atoms with Crippen LogP contribution >= 0.6 is 24.0 Å². The average molecular weight is 436 g/mol. The van der Waals surface area contributed by atoms with Crippen molar-refractivity contribution in [3.8, 4) is 0 Å². The summed E-state index contributed by atoms with van der Waals surface area (Å²) in [5.74, 6) is 0.619. The molecule has 0 saturated carbocycles. The predicted molar refractivity (Wildman–Crippen MR) is 107 cm³/mol. The van der Waals surface area contributed by atoms with Gasteiger partial charge in [-0.1, -0.05) is 19.1 Å². The van der Waals surface area contributed by atoms with E-state index in [0.29, 0.717) is 12.6 Å². The van der Waals surface area contributed by atoms with Crippen LogP contribution in [-0.2, 0) is 6.54 Å². The Hall–Kier alpha value is -0.890. The van der Waals surface area contributed by atoms with E-state index in [4.69, 9.17) is 0 Å². The van der Waals surface area contributed by atoms with Crippen molar-refractivity contribution in [3.05, 3.63) is 35.6 Å². The summed E-state index contributed by atoms with van der Waals surface area (Å²) in [6.07, 6.45) is 0. The first-order valence-corrected chi connectivity index (χ1v) is 7.88. The van der Waals surface area contributed by atoms with Crippen LogP contribution in [0.1, 0.15) is 26.3 Å². The zero-order valence-corrected chi connectivity index (χ0v) is 17.2. The highest BCUT2D eigenvalue weighted by Crippen LogP contribution is 2.06. The molecular weight excluding hydrogens is 406 g/mol. The third kappa shape index (κ3) is 7.97. The monoisotopic (exact) mass is 436 g/mol. The van der Waals surface area contributed by atoms with Gasteiger partial charge in [0.1, 0.15) is 5.82 Å². The second kappa shape index (κ2) is 11.6. The van der Waals surface area contributed by atoms with Crippen LogP contribution in [0.15, 0.2) is 29.3 Å². The van der Waals surface area contributed by atoms with E-state index in [1.807, 2.05) is 18.0 Å².